The van der Waals surface area contributed by atoms with Crippen LogP contribution in [-0.4, -0.2) is 5.91 Å². The fraction of sp³-hybridized carbons (Fsp3) is 0.0455. The predicted octanol–water partition coefficient (Wildman–Crippen LogP) is 6.07. The average Bonchev–Trinajstić information content (AvgIpc) is 2.97. The lowest BCUT2D eigenvalue weighted by molar-refractivity contribution is -0.110. The Labute approximate surface area is 167 Å². The third-order valence-electron chi connectivity index (χ3n) is 4.27. The molecule has 0 bridgehead atoms. The van der Waals surface area contributed by atoms with Crippen LogP contribution in [0.3, 0.4) is 0 Å². The van der Waals surface area contributed by atoms with Gasteiger partial charge in [-0.15, -0.1) is 0 Å². The van der Waals surface area contributed by atoms with Crippen molar-refractivity contribution in [3.63, 3.8) is 0 Å². The number of anilines is 1. The lowest BCUT2D eigenvalue weighted by Crippen LogP contribution is -2.03. The molecule has 134 valence electrons. The van der Waals surface area contributed by atoms with E-state index in [1.54, 1.807) is 12.1 Å². The lowest BCUT2D eigenvalue weighted by atomic mass is 10.0. The molecule has 0 saturated carbocycles. The Kier molecular flexibility index (Phi) is 4.88. The second-order valence-corrected chi connectivity index (χ2v) is 7.06. The highest BCUT2D eigenvalue weighted by molar-refractivity contribution is 6.36. The van der Waals surface area contributed by atoms with Crippen molar-refractivity contribution in [3.8, 4) is 5.75 Å². The number of fused-ring (bicyclic) bond motifs is 1. The molecule has 1 aliphatic rings. The van der Waals surface area contributed by atoms with Crippen molar-refractivity contribution in [2.24, 2.45) is 0 Å². The van der Waals surface area contributed by atoms with Gasteiger partial charge in [0, 0.05) is 21.2 Å². The topological polar surface area (TPSA) is 38.3 Å². The summed E-state index contributed by atoms with van der Waals surface area (Å²) in [5, 5.41) is 4.14. The average molecular weight is 396 g/mol. The Morgan fingerprint density at radius 1 is 0.889 bits per heavy atom. The van der Waals surface area contributed by atoms with Crippen molar-refractivity contribution in [2.45, 2.75) is 6.61 Å². The van der Waals surface area contributed by atoms with E-state index in [2.05, 4.69) is 5.32 Å². The van der Waals surface area contributed by atoms with E-state index in [9.17, 15) is 4.79 Å². The van der Waals surface area contributed by atoms with E-state index in [1.165, 1.54) is 0 Å². The summed E-state index contributed by atoms with van der Waals surface area (Å²) in [6, 6.07) is 20.6. The van der Waals surface area contributed by atoms with Crippen molar-refractivity contribution >= 4 is 46.4 Å². The van der Waals surface area contributed by atoms with Gasteiger partial charge < -0.3 is 10.1 Å². The Morgan fingerprint density at radius 2 is 1.59 bits per heavy atom. The first-order chi connectivity index (χ1) is 13.1. The van der Waals surface area contributed by atoms with Crippen LogP contribution >= 0.6 is 23.2 Å². The van der Waals surface area contributed by atoms with Gasteiger partial charge in [0.25, 0.3) is 5.91 Å². The van der Waals surface area contributed by atoms with Crippen LogP contribution in [0.1, 0.15) is 16.7 Å². The molecular weight excluding hydrogens is 381 g/mol. The zero-order chi connectivity index (χ0) is 18.8. The summed E-state index contributed by atoms with van der Waals surface area (Å²) in [6.07, 6.45) is 1.86. The van der Waals surface area contributed by atoms with E-state index < -0.39 is 0 Å². The smallest absolute Gasteiger partial charge is 0.256 e. The minimum Gasteiger partial charge on any atom is -0.489 e. The molecule has 0 saturated heterocycles. The highest BCUT2D eigenvalue weighted by Gasteiger charge is 2.23. The van der Waals surface area contributed by atoms with Crippen LogP contribution in [0.2, 0.25) is 10.0 Å². The van der Waals surface area contributed by atoms with Crippen LogP contribution in [0.15, 0.2) is 66.7 Å². The van der Waals surface area contributed by atoms with E-state index >= 15 is 0 Å². The SMILES string of the molecule is O=C1Nc2cc(Cl)ccc2/C1=C/c1ccc(OCc2ccc(Cl)cc2)cc1. The van der Waals surface area contributed by atoms with Crippen LogP contribution < -0.4 is 10.1 Å². The number of ether oxygens (including phenoxy) is 1. The summed E-state index contributed by atoms with van der Waals surface area (Å²) in [5.41, 5.74) is 4.18. The molecule has 0 unspecified atom stereocenters. The number of halogens is 2. The number of benzene rings is 3. The molecule has 0 fully saturated rings. The number of nitrogens with one attached hydrogen (secondary N) is 1. The number of rotatable bonds is 4. The third-order valence-corrected chi connectivity index (χ3v) is 4.76. The molecule has 3 aromatic carbocycles. The molecule has 1 amide bonds. The number of carbonyl (C=O) groups excluding carboxylic acids is 1. The monoisotopic (exact) mass is 395 g/mol. The largest absolute Gasteiger partial charge is 0.489 e. The first-order valence-electron chi connectivity index (χ1n) is 8.39. The molecule has 1 N–H and O–H groups in total. The molecule has 5 heteroatoms. The van der Waals surface area contributed by atoms with E-state index in [1.807, 2.05) is 60.7 Å². The van der Waals surface area contributed by atoms with Crippen LogP contribution in [0.5, 0.6) is 5.75 Å². The molecule has 0 spiro atoms. The quantitative estimate of drug-likeness (QED) is 0.544. The summed E-state index contributed by atoms with van der Waals surface area (Å²) in [5.74, 6) is 0.630. The Hall–Kier alpha value is -2.75. The van der Waals surface area contributed by atoms with Gasteiger partial charge in [-0.05, 0) is 53.6 Å². The van der Waals surface area contributed by atoms with Crippen molar-refractivity contribution in [1.29, 1.82) is 0 Å². The van der Waals surface area contributed by atoms with Gasteiger partial charge in [0.15, 0.2) is 0 Å². The van der Waals surface area contributed by atoms with Gasteiger partial charge >= 0.3 is 0 Å². The predicted molar refractivity (Wildman–Crippen MR) is 110 cm³/mol. The minimum atomic E-state index is -0.129. The van der Waals surface area contributed by atoms with E-state index in [4.69, 9.17) is 27.9 Å². The van der Waals surface area contributed by atoms with Crippen LogP contribution in [0, 0.1) is 0 Å². The van der Waals surface area contributed by atoms with Crippen molar-refractivity contribution < 1.29 is 9.53 Å². The number of hydrogen-bond acceptors (Lipinski definition) is 2. The fourth-order valence-corrected chi connectivity index (χ4v) is 3.18. The maximum absolute atomic E-state index is 12.2. The van der Waals surface area contributed by atoms with Gasteiger partial charge in [0.2, 0.25) is 0 Å². The van der Waals surface area contributed by atoms with Gasteiger partial charge in [-0.1, -0.05) is 53.5 Å². The molecule has 0 aromatic heterocycles. The summed E-state index contributed by atoms with van der Waals surface area (Å²) >= 11 is 11.9. The Bertz CT molecular complexity index is 1030. The molecule has 4 rings (SSSR count). The summed E-state index contributed by atoms with van der Waals surface area (Å²) in [4.78, 5) is 12.2. The third kappa shape index (κ3) is 4.00. The van der Waals surface area contributed by atoms with Crippen molar-refractivity contribution in [2.75, 3.05) is 5.32 Å². The molecule has 1 heterocycles. The summed E-state index contributed by atoms with van der Waals surface area (Å²) in [7, 11) is 0. The summed E-state index contributed by atoms with van der Waals surface area (Å²) < 4.78 is 5.79. The normalized spacial score (nSPS) is 14.1. The standard InChI is InChI=1S/C22H15Cl2NO2/c23-16-5-1-15(2-6-16)13-27-18-8-3-14(4-9-18)11-20-19-10-7-17(24)12-21(19)25-22(20)26/h1-12H,13H2,(H,25,26)/b20-11-. The highest BCUT2D eigenvalue weighted by atomic mass is 35.5. The first kappa shape index (κ1) is 17.7. The maximum Gasteiger partial charge on any atom is 0.256 e. The Balaban J connectivity index is 1.49. The second kappa shape index (κ2) is 7.47. The highest BCUT2D eigenvalue weighted by Crippen LogP contribution is 2.35. The van der Waals surface area contributed by atoms with Crippen LogP contribution in [0.25, 0.3) is 11.6 Å². The maximum atomic E-state index is 12.2. The van der Waals surface area contributed by atoms with Gasteiger partial charge in [-0.3, -0.25) is 4.79 Å². The molecule has 1 aliphatic heterocycles. The molecule has 3 aromatic rings. The first-order valence-corrected chi connectivity index (χ1v) is 9.14. The number of hydrogen-bond donors (Lipinski definition) is 1. The van der Waals surface area contributed by atoms with Crippen molar-refractivity contribution in [3.05, 3.63) is 93.5 Å². The van der Waals surface area contributed by atoms with Gasteiger partial charge in [0.05, 0.1) is 5.69 Å². The lowest BCUT2D eigenvalue weighted by Gasteiger charge is -2.07. The molecule has 0 radical (unpaired) electrons. The van der Waals surface area contributed by atoms with Gasteiger partial charge in [0.1, 0.15) is 12.4 Å². The van der Waals surface area contributed by atoms with Gasteiger partial charge in [-0.25, -0.2) is 0 Å². The molecular formula is C22H15Cl2NO2. The summed E-state index contributed by atoms with van der Waals surface area (Å²) in [6.45, 7) is 0.466. The fourth-order valence-electron chi connectivity index (χ4n) is 2.88. The van der Waals surface area contributed by atoms with Crippen LogP contribution in [-0.2, 0) is 11.4 Å². The molecule has 3 nitrogen and oxygen atoms in total. The second-order valence-electron chi connectivity index (χ2n) is 6.19. The zero-order valence-corrected chi connectivity index (χ0v) is 15.7. The van der Waals surface area contributed by atoms with Crippen molar-refractivity contribution in [1.82, 2.24) is 0 Å². The number of carbonyl (C=O) groups is 1. The van der Waals surface area contributed by atoms with E-state index in [0.29, 0.717) is 22.2 Å². The molecule has 0 aliphatic carbocycles. The zero-order valence-electron chi connectivity index (χ0n) is 14.2. The molecule has 27 heavy (non-hydrogen) atoms. The van der Waals surface area contributed by atoms with E-state index in [-0.39, 0.29) is 5.91 Å². The Morgan fingerprint density at radius 3 is 2.33 bits per heavy atom. The van der Waals surface area contributed by atoms with E-state index in [0.717, 1.165) is 28.1 Å². The number of amides is 1. The van der Waals surface area contributed by atoms with Gasteiger partial charge in [-0.2, -0.15) is 0 Å². The van der Waals surface area contributed by atoms with Crippen LogP contribution in [0.4, 0.5) is 5.69 Å². The molecule has 0 atom stereocenters. The minimum absolute atomic E-state index is 0.129.